The largest absolute Gasteiger partial charge is 0.494 e. The lowest BCUT2D eigenvalue weighted by atomic mass is 9.84. The SMILES string of the molecule is CCOc1ccc2c(c1)CCN(C(=O)c1cc(O)no1)[C@H]2C(=O)Nc1cc(F)c(C(C)(C)COC)c(F)c1. The van der Waals surface area contributed by atoms with Crippen molar-refractivity contribution in [3.05, 3.63) is 70.5 Å². The number of anilines is 1. The highest BCUT2D eigenvalue weighted by molar-refractivity contribution is 6.01. The van der Waals surface area contributed by atoms with Crippen molar-refractivity contribution in [2.45, 2.75) is 38.6 Å². The Labute approximate surface area is 218 Å². The summed E-state index contributed by atoms with van der Waals surface area (Å²) in [5.74, 6) is -3.15. The van der Waals surface area contributed by atoms with Gasteiger partial charge < -0.3 is 29.3 Å². The van der Waals surface area contributed by atoms with Gasteiger partial charge in [0.25, 0.3) is 17.7 Å². The number of nitrogens with zero attached hydrogens (tertiary/aromatic N) is 2. The van der Waals surface area contributed by atoms with E-state index in [0.717, 1.165) is 23.8 Å². The number of aromatic nitrogens is 1. The maximum atomic E-state index is 15.0. The molecule has 1 aliphatic rings. The molecular formula is C27H29F2N3O6. The Morgan fingerprint density at radius 2 is 1.92 bits per heavy atom. The highest BCUT2D eigenvalue weighted by atomic mass is 19.1. The summed E-state index contributed by atoms with van der Waals surface area (Å²) in [5, 5.41) is 15.4. The third kappa shape index (κ3) is 5.33. The van der Waals surface area contributed by atoms with Crippen molar-refractivity contribution < 1.29 is 37.5 Å². The van der Waals surface area contributed by atoms with Gasteiger partial charge in [0.15, 0.2) is 0 Å². The molecule has 0 aliphatic carbocycles. The Balaban J connectivity index is 1.70. The molecule has 1 aromatic heterocycles. The summed E-state index contributed by atoms with van der Waals surface area (Å²) in [7, 11) is 1.44. The first-order chi connectivity index (χ1) is 18.1. The Morgan fingerprint density at radius 3 is 2.53 bits per heavy atom. The van der Waals surface area contributed by atoms with E-state index in [0.29, 0.717) is 24.3 Å². The molecule has 38 heavy (non-hydrogen) atoms. The number of nitrogens with one attached hydrogen (secondary N) is 1. The summed E-state index contributed by atoms with van der Waals surface area (Å²) in [4.78, 5) is 28.1. The highest BCUT2D eigenvalue weighted by Crippen LogP contribution is 2.36. The molecule has 0 unspecified atom stereocenters. The van der Waals surface area contributed by atoms with Gasteiger partial charge in [-0.3, -0.25) is 9.59 Å². The fraction of sp³-hybridized carbons (Fsp3) is 0.370. The molecule has 2 N–H and O–H groups in total. The van der Waals surface area contributed by atoms with Gasteiger partial charge in [-0.2, -0.15) is 0 Å². The Kier molecular flexibility index (Phi) is 7.68. The minimum Gasteiger partial charge on any atom is -0.494 e. The van der Waals surface area contributed by atoms with Crippen molar-refractivity contribution in [3.8, 4) is 11.6 Å². The maximum Gasteiger partial charge on any atom is 0.293 e. The summed E-state index contributed by atoms with van der Waals surface area (Å²) >= 11 is 0. The van der Waals surface area contributed by atoms with E-state index in [1.165, 1.54) is 12.0 Å². The number of hydrogen-bond acceptors (Lipinski definition) is 7. The van der Waals surface area contributed by atoms with Crippen molar-refractivity contribution in [2.75, 3.05) is 32.2 Å². The first kappa shape index (κ1) is 27.1. The molecule has 0 spiro atoms. The average molecular weight is 530 g/mol. The van der Waals surface area contributed by atoms with Crippen molar-refractivity contribution in [1.82, 2.24) is 10.1 Å². The minimum absolute atomic E-state index is 0.0867. The summed E-state index contributed by atoms with van der Waals surface area (Å²) in [6.07, 6.45) is 0.415. The molecule has 11 heteroatoms. The molecule has 4 rings (SSSR count). The number of fused-ring (bicyclic) bond motifs is 1. The molecule has 0 bridgehead atoms. The van der Waals surface area contributed by atoms with Crippen LogP contribution in [0.4, 0.5) is 14.5 Å². The van der Waals surface area contributed by atoms with E-state index >= 15 is 8.78 Å². The van der Waals surface area contributed by atoms with Crippen LogP contribution in [0.25, 0.3) is 0 Å². The molecule has 2 aromatic carbocycles. The van der Waals surface area contributed by atoms with Crippen LogP contribution in [-0.4, -0.2) is 53.8 Å². The van der Waals surface area contributed by atoms with Crippen LogP contribution in [0.3, 0.4) is 0 Å². The first-order valence-corrected chi connectivity index (χ1v) is 12.1. The van der Waals surface area contributed by atoms with E-state index in [1.54, 1.807) is 32.0 Å². The molecule has 0 fully saturated rings. The zero-order valence-corrected chi connectivity index (χ0v) is 21.5. The molecule has 1 atom stereocenters. The highest BCUT2D eigenvalue weighted by Gasteiger charge is 2.38. The first-order valence-electron chi connectivity index (χ1n) is 12.1. The van der Waals surface area contributed by atoms with Crippen molar-refractivity contribution in [1.29, 1.82) is 0 Å². The number of benzene rings is 2. The smallest absolute Gasteiger partial charge is 0.293 e. The van der Waals surface area contributed by atoms with Gasteiger partial charge in [0.05, 0.1) is 19.3 Å². The van der Waals surface area contributed by atoms with E-state index in [1.807, 2.05) is 6.92 Å². The molecular weight excluding hydrogens is 500 g/mol. The lowest BCUT2D eigenvalue weighted by Crippen LogP contribution is -2.45. The number of amides is 2. The van der Waals surface area contributed by atoms with Crippen LogP contribution in [0, 0.1) is 11.6 Å². The Bertz CT molecular complexity index is 1330. The average Bonchev–Trinajstić information content (AvgIpc) is 3.28. The second kappa shape index (κ2) is 10.8. The van der Waals surface area contributed by atoms with E-state index < -0.39 is 40.8 Å². The van der Waals surface area contributed by atoms with Crippen LogP contribution in [0.2, 0.25) is 0 Å². The number of hydrogen-bond donors (Lipinski definition) is 2. The van der Waals surface area contributed by atoms with E-state index in [2.05, 4.69) is 10.5 Å². The number of aromatic hydroxyl groups is 1. The predicted molar refractivity (Wildman–Crippen MR) is 133 cm³/mol. The third-order valence-corrected chi connectivity index (χ3v) is 6.36. The van der Waals surface area contributed by atoms with Gasteiger partial charge in [0.1, 0.15) is 23.4 Å². The van der Waals surface area contributed by atoms with Gasteiger partial charge in [-0.15, -0.1) is 0 Å². The van der Waals surface area contributed by atoms with Crippen molar-refractivity contribution in [2.24, 2.45) is 0 Å². The number of carbonyl (C=O) groups excluding carboxylic acids is 2. The third-order valence-electron chi connectivity index (χ3n) is 6.36. The fourth-order valence-corrected chi connectivity index (χ4v) is 4.80. The minimum atomic E-state index is -1.16. The second-order valence-corrected chi connectivity index (χ2v) is 9.62. The second-order valence-electron chi connectivity index (χ2n) is 9.62. The van der Waals surface area contributed by atoms with E-state index in [-0.39, 0.29) is 30.2 Å². The van der Waals surface area contributed by atoms with Crippen LogP contribution in [0.15, 0.2) is 40.9 Å². The van der Waals surface area contributed by atoms with Gasteiger partial charge in [-0.25, -0.2) is 8.78 Å². The molecule has 3 aromatic rings. The molecule has 1 aliphatic heterocycles. The van der Waals surface area contributed by atoms with E-state index in [9.17, 15) is 14.7 Å². The normalized spacial score (nSPS) is 15.2. The van der Waals surface area contributed by atoms with Gasteiger partial charge in [-0.05, 0) is 53.9 Å². The standard InChI is InChI=1S/C27H29F2N3O6/c1-5-37-17-6-7-18-15(10-17)8-9-32(26(35)21-13-22(33)31-38-21)24(18)25(34)30-16-11-19(28)23(20(29)12-16)27(2,3)14-36-4/h6-7,10-13,24H,5,8-9,14H2,1-4H3,(H,30,34)(H,31,33)/t24-/m1/s1. The number of carbonyl (C=O) groups is 2. The summed E-state index contributed by atoms with van der Waals surface area (Å²) in [6, 6.07) is 7.13. The van der Waals surface area contributed by atoms with Gasteiger partial charge in [0, 0.05) is 30.3 Å². The molecule has 0 saturated heterocycles. The number of rotatable bonds is 8. The van der Waals surface area contributed by atoms with E-state index in [4.69, 9.17) is 14.0 Å². The van der Waals surface area contributed by atoms with Crippen LogP contribution < -0.4 is 10.1 Å². The summed E-state index contributed by atoms with van der Waals surface area (Å²) < 4.78 is 45.7. The predicted octanol–water partition coefficient (Wildman–Crippen LogP) is 4.36. The van der Waals surface area contributed by atoms with Crippen LogP contribution in [0.1, 0.15) is 54.1 Å². The van der Waals surface area contributed by atoms with Gasteiger partial charge in [0.2, 0.25) is 5.76 Å². The summed E-state index contributed by atoms with van der Waals surface area (Å²) in [6.45, 7) is 5.82. The molecule has 2 heterocycles. The lowest BCUT2D eigenvalue weighted by molar-refractivity contribution is -0.121. The molecule has 9 nitrogen and oxygen atoms in total. The van der Waals surface area contributed by atoms with Gasteiger partial charge >= 0.3 is 0 Å². The number of methoxy groups -OCH3 is 1. The number of ether oxygens (including phenoxy) is 2. The molecule has 0 saturated carbocycles. The van der Waals surface area contributed by atoms with Crippen molar-refractivity contribution in [3.63, 3.8) is 0 Å². The zero-order valence-electron chi connectivity index (χ0n) is 21.5. The zero-order chi connectivity index (χ0) is 27.6. The van der Waals surface area contributed by atoms with Gasteiger partial charge in [-0.1, -0.05) is 19.9 Å². The molecule has 0 radical (unpaired) electrons. The Hall–Kier alpha value is -3.99. The molecule has 202 valence electrons. The molecule has 2 amide bonds. The van der Waals surface area contributed by atoms with Crippen LogP contribution in [0.5, 0.6) is 11.6 Å². The number of halogens is 2. The fourth-order valence-electron chi connectivity index (χ4n) is 4.80. The quantitative estimate of drug-likeness (QED) is 0.446. The maximum absolute atomic E-state index is 15.0. The Morgan fingerprint density at radius 1 is 1.21 bits per heavy atom. The lowest BCUT2D eigenvalue weighted by Gasteiger charge is -2.36. The monoisotopic (exact) mass is 529 g/mol. The summed E-state index contributed by atoms with van der Waals surface area (Å²) in [5.41, 5.74) is 0.0934. The van der Waals surface area contributed by atoms with Crippen molar-refractivity contribution >= 4 is 17.5 Å². The topological polar surface area (TPSA) is 114 Å². The van der Waals surface area contributed by atoms with Crippen LogP contribution in [-0.2, 0) is 21.4 Å². The van der Waals surface area contributed by atoms with Crippen LogP contribution >= 0.6 is 0 Å².